The van der Waals surface area contributed by atoms with E-state index < -0.39 is 29.7 Å². The maximum Gasteiger partial charge on any atom is 0.387 e. The van der Waals surface area contributed by atoms with Crippen molar-refractivity contribution in [1.29, 1.82) is 0 Å². The van der Waals surface area contributed by atoms with E-state index in [9.17, 15) is 18.4 Å². The second-order valence-electron chi connectivity index (χ2n) is 3.80. The molecule has 1 aliphatic carbocycles. The number of carboxylic acids is 2. The summed E-state index contributed by atoms with van der Waals surface area (Å²) in [5, 5.41) is 17.7. The van der Waals surface area contributed by atoms with Gasteiger partial charge in [0.2, 0.25) is 0 Å². The van der Waals surface area contributed by atoms with Crippen molar-refractivity contribution in [1.82, 2.24) is 0 Å². The van der Waals surface area contributed by atoms with Crippen LogP contribution in [0.25, 0.3) is 0 Å². The molecule has 0 bridgehead atoms. The first kappa shape index (κ1) is 13.1. The van der Waals surface area contributed by atoms with Gasteiger partial charge in [-0.3, -0.25) is 4.79 Å². The van der Waals surface area contributed by atoms with E-state index in [1.165, 1.54) is 6.92 Å². The van der Waals surface area contributed by atoms with Gasteiger partial charge in [0.05, 0.1) is 5.41 Å². The Labute approximate surface area is 95.0 Å². The molecule has 0 aromatic carbocycles. The van der Waals surface area contributed by atoms with E-state index in [-0.39, 0.29) is 12.0 Å². The zero-order valence-corrected chi connectivity index (χ0v) is 8.81. The van der Waals surface area contributed by atoms with Gasteiger partial charge in [-0.2, -0.15) is 8.78 Å². The van der Waals surface area contributed by atoms with Crippen LogP contribution in [0.1, 0.15) is 13.3 Å². The summed E-state index contributed by atoms with van der Waals surface area (Å²) < 4.78 is 28.1. The van der Waals surface area contributed by atoms with Crippen LogP contribution >= 0.6 is 0 Å². The largest absolute Gasteiger partial charge is 0.481 e. The molecule has 1 atom stereocenters. The first-order valence-corrected chi connectivity index (χ1v) is 4.59. The highest BCUT2D eigenvalue weighted by Crippen LogP contribution is 2.35. The van der Waals surface area contributed by atoms with Crippen molar-refractivity contribution >= 4 is 11.9 Å². The molecule has 5 nitrogen and oxygen atoms in total. The zero-order valence-electron chi connectivity index (χ0n) is 8.81. The third-order valence-electron chi connectivity index (χ3n) is 2.32. The summed E-state index contributed by atoms with van der Waals surface area (Å²) in [5.74, 6) is -3.12. The minimum Gasteiger partial charge on any atom is -0.481 e. The Morgan fingerprint density at radius 2 is 2.06 bits per heavy atom. The average molecular weight is 248 g/mol. The summed E-state index contributed by atoms with van der Waals surface area (Å²) in [4.78, 5) is 21.7. The molecule has 0 aromatic heterocycles. The summed E-state index contributed by atoms with van der Waals surface area (Å²) in [6.07, 6.45) is 1.60. The number of hydrogen-bond acceptors (Lipinski definition) is 3. The lowest BCUT2D eigenvalue weighted by Crippen LogP contribution is -2.30. The Kier molecular flexibility index (Phi) is 3.50. The second-order valence-corrected chi connectivity index (χ2v) is 3.80. The third kappa shape index (κ3) is 3.02. The van der Waals surface area contributed by atoms with Crippen molar-refractivity contribution < 1.29 is 33.3 Å². The van der Waals surface area contributed by atoms with E-state index in [0.717, 1.165) is 12.2 Å². The molecule has 2 N–H and O–H groups in total. The third-order valence-corrected chi connectivity index (χ3v) is 2.32. The summed E-state index contributed by atoms with van der Waals surface area (Å²) >= 11 is 0. The molecule has 17 heavy (non-hydrogen) atoms. The van der Waals surface area contributed by atoms with Gasteiger partial charge in [-0.05, 0) is 25.5 Å². The van der Waals surface area contributed by atoms with Gasteiger partial charge < -0.3 is 14.9 Å². The number of allylic oxidation sites excluding steroid dienone is 1. The van der Waals surface area contributed by atoms with Gasteiger partial charge in [0.15, 0.2) is 0 Å². The van der Waals surface area contributed by atoms with Gasteiger partial charge in [0.1, 0.15) is 5.76 Å². The normalized spacial score (nSPS) is 24.0. The molecule has 1 unspecified atom stereocenters. The second kappa shape index (κ2) is 4.52. The summed E-state index contributed by atoms with van der Waals surface area (Å²) in [7, 11) is 0. The van der Waals surface area contributed by atoms with E-state index in [2.05, 4.69) is 4.74 Å². The molecule has 0 fully saturated rings. The molecule has 7 heteroatoms. The lowest BCUT2D eigenvalue weighted by Gasteiger charge is -2.25. The van der Waals surface area contributed by atoms with Crippen molar-refractivity contribution in [3.8, 4) is 0 Å². The number of carbonyl (C=O) groups is 2. The molecule has 0 radical (unpaired) electrons. The van der Waals surface area contributed by atoms with Crippen LogP contribution in [-0.4, -0.2) is 28.8 Å². The smallest absolute Gasteiger partial charge is 0.387 e. The number of hydrogen-bond donors (Lipinski definition) is 2. The maximum absolute atomic E-state index is 12.0. The SMILES string of the molecule is CC1(C(=O)O)C=C(OC(F)F)C=C(C(=O)O)C1. The molecule has 0 aliphatic heterocycles. The van der Waals surface area contributed by atoms with E-state index >= 15 is 0 Å². The summed E-state index contributed by atoms with van der Waals surface area (Å²) in [5.41, 5.74) is -1.85. The van der Waals surface area contributed by atoms with Crippen LogP contribution in [0.5, 0.6) is 0 Å². The molecule has 94 valence electrons. The standard InChI is InChI=1S/C10H10F2O5/c1-10(8(15)16)3-5(7(13)14)2-6(4-10)17-9(11)12/h2,4,9H,3H2,1H3,(H,13,14)(H,15,16). The average Bonchev–Trinajstić information content (AvgIpc) is 2.15. The number of ether oxygens (including phenoxy) is 1. The Bertz CT molecular complexity index is 413. The molecule has 0 aromatic rings. The van der Waals surface area contributed by atoms with Crippen molar-refractivity contribution in [3.05, 3.63) is 23.5 Å². The van der Waals surface area contributed by atoms with Crippen LogP contribution in [0.3, 0.4) is 0 Å². The molecule has 0 spiro atoms. The molecule has 0 saturated heterocycles. The maximum atomic E-state index is 12.0. The minimum absolute atomic E-state index is 0.284. The molecule has 0 saturated carbocycles. The quantitative estimate of drug-likeness (QED) is 0.789. The number of alkyl halides is 2. The summed E-state index contributed by atoms with van der Waals surface area (Å²) in [6, 6.07) is 0. The first-order chi connectivity index (χ1) is 7.74. The predicted molar refractivity (Wildman–Crippen MR) is 51.3 cm³/mol. The highest BCUT2D eigenvalue weighted by Gasteiger charge is 2.37. The van der Waals surface area contributed by atoms with Crippen molar-refractivity contribution in [2.24, 2.45) is 5.41 Å². The highest BCUT2D eigenvalue weighted by molar-refractivity contribution is 5.90. The van der Waals surface area contributed by atoms with Crippen LogP contribution in [0.15, 0.2) is 23.5 Å². The Hall–Kier alpha value is -1.92. The van der Waals surface area contributed by atoms with E-state index in [1.807, 2.05) is 0 Å². The van der Waals surface area contributed by atoms with Crippen molar-refractivity contribution in [2.45, 2.75) is 20.0 Å². The number of rotatable bonds is 4. The van der Waals surface area contributed by atoms with Crippen molar-refractivity contribution in [3.63, 3.8) is 0 Å². The van der Waals surface area contributed by atoms with Gasteiger partial charge in [-0.25, -0.2) is 4.79 Å². The van der Waals surface area contributed by atoms with Crippen LogP contribution in [0, 0.1) is 5.41 Å². The number of aliphatic carboxylic acids is 2. The van der Waals surface area contributed by atoms with Gasteiger partial charge >= 0.3 is 18.6 Å². The lowest BCUT2D eigenvalue weighted by molar-refractivity contribution is -0.146. The Morgan fingerprint density at radius 1 is 1.47 bits per heavy atom. The fraction of sp³-hybridized carbons (Fsp3) is 0.400. The molecule has 0 heterocycles. The first-order valence-electron chi connectivity index (χ1n) is 4.59. The fourth-order valence-electron chi connectivity index (χ4n) is 1.47. The van der Waals surface area contributed by atoms with Gasteiger partial charge in [-0.1, -0.05) is 0 Å². The van der Waals surface area contributed by atoms with Crippen LogP contribution in [0.4, 0.5) is 8.78 Å². The Balaban J connectivity index is 3.10. The molecular formula is C10H10F2O5. The Morgan fingerprint density at radius 3 is 2.47 bits per heavy atom. The zero-order chi connectivity index (χ0) is 13.2. The summed E-state index contributed by atoms with van der Waals surface area (Å²) in [6.45, 7) is -1.90. The molecular weight excluding hydrogens is 238 g/mol. The van der Waals surface area contributed by atoms with Gasteiger partial charge in [0.25, 0.3) is 0 Å². The van der Waals surface area contributed by atoms with Gasteiger partial charge in [0, 0.05) is 5.57 Å². The number of carboxylic acid groups (broad SMARTS) is 2. The predicted octanol–water partition coefficient (Wildman–Crippen LogP) is 1.62. The van der Waals surface area contributed by atoms with Crippen LogP contribution in [-0.2, 0) is 14.3 Å². The van der Waals surface area contributed by atoms with Crippen LogP contribution < -0.4 is 0 Å². The minimum atomic E-state index is -3.14. The highest BCUT2D eigenvalue weighted by atomic mass is 19.3. The molecule has 0 amide bonds. The monoisotopic (exact) mass is 248 g/mol. The topological polar surface area (TPSA) is 83.8 Å². The lowest BCUT2D eigenvalue weighted by atomic mass is 9.79. The van der Waals surface area contributed by atoms with Crippen molar-refractivity contribution in [2.75, 3.05) is 0 Å². The van der Waals surface area contributed by atoms with E-state index in [0.29, 0.717) is 0 Å². The molecule has 1 aliphatic rings. The van der Waals surface area contributed by atoms with E-state index in [1.54, 1.807) is 0 Å². The van der Waals surface area contributed by atoms with E-state index in [4.69, 9.17) is 10.2 Å². The van der Waals surface area contributed by atoms with Gasteiger partial charge in [-0.15, -0.1) is 0 Å². The number of halogens is 2. The fourth-order valence-corrected chi connectivity index (χ4v) is 1.47. The van der Waals surface area contributed by atoms with Crippen LogP contribution in [0.2, 0.25) is 0 Å². The molecule has 1 rings (SSSR count).